The van der Waals surface area contributed by atoms with Gasteiger partial charge in [-0.05, 0) is 64.2 Å². The molecule has 0 unspecified atom stereocenters. The first kappa shape index (κ1) is 33.6. The van der Waals surface area contributed by atoms with Crippen molar-refractivity contribution in [1.29, 1.82) is 0 Å². The highest BCUT2D eigenvalue weighted by Crippen LogP contribution is 2.34. The van der Waals surface area contributed by atoms with Crippen molar-refractivity contribution in [1.82, 2.24) is 9.80 Å². The molecule has 44 heavy (non-hydrogen) atoms. The molecule has 0 radical (unpaired) electrons. The molecule has 4 rings (SSSR count). The highest BCUT2D eigenvalue weighted by molar-refractivity contribution is 5.89. The molecule has 4 fully saturated rings. The first-order chi connectivity index (χ1) is 21.1. The van der Waals surface area contributed by atoms with E-state index >= 15 is 0 Å². The van der Waals surface area contributed by atoms with Crippen molar-refractivity contribution < 1.29 is 57.9 Å². The van der Waals surface area contributed by atoms with Gasteiger partial charge in [-0.15, -0.1) is 0 Å². The third-order valence-corrected chi connectivity index (χ3v) is 9.25. The Morgan fingerprint density at radius 2 is 1.14 bits per heavy atom. The third-order valence-electron chi connectivity index (χ3n) is 9.25. The molecule has 0 bridgehead atoms. The van der Waals surface area contributed by atoms with Gasteiger partial charge in [0.25, 0.3) is 0 Å². The summed E-state index contributed by atoms with van der Waals surface area (Å²) >= 11 is 0. The fourth-order valence-corrected chi connectivity index (χ4v) is 6.55. The summed E-state index contributed by atoms with van der Waals surface area (Å²) in [4.78, 5) is 79.7. The SMILES string of the molecule is O=C(OCC(CCCC(=O)N1CCC[C@@H]1C(=O)O)(COC(=O)C1CCOCC1)C(=O)N1CCC[C@@H]1C(=O)O)C1CCOCC1. The minimum atomic E-state index is -1.64. The Morgan fingerprint density at radius 1 is 0.682 bits per heavy atom. The number of hydrogen-bond acceptors (Lipinski definition) is 10. The van der Waals surface area contributed by atoms with E-state index in [1.165, 1.54) is 9.80 Å². The number of hydrogen-bond donors (Lipinski definition) is 2. The van der Waals surface area contributed by atoms with Crippen LogP contribution >= 0.6 is 0 Å². The Labute approximate surface area is 256 Å². The van der Waals surface area contributed by atoms with Gasteiger partial charge in [0.05, 0.1) is 11.8 Å². The highest BCUT2D eigenvalue weighted by atomic mass is 16.6. The summed E-state index contributed by atoms with van der Waals surface area (Å²) in [5.41, 5.74) is -1.64. The van der Waals surface area contributed by atoms with Crippen molar-refractivity contribution in [3.8, 4) is 0 Å². The van der Waals surface area contributed by atoms with Crippen LogP contribution in [0.15, 0.2) is 0 Å². The van der Waals surface area contributed by atoms with Gasteiger partial charge in [0, 0.05) is 45.9 Å². The monoisotopic (exact) mass is 624 g/mol. The predicted octanol–water partition coefficient (Wildman–Crippen LogP) is 1.23. The lowest BCUT2D eigenvalue weighted by Gasteiger charge is -2.37. The minimum absolute atomic E-state index is 0.0475. The van der Waals surface area contributed by atoms with Crippen LogP contribution in [0.1, 0.15) is 70.6 Å². The molecule has 4 heterocycles. The standard InChI is InChI=1S/C30H44N2O12/c33-24(31-12-2-4-22(31)25(34)35)6-1-11-30(18-43-27(38)20-7-14-41-15-8-20,19-44-28(39)21-9-16-42-17-10-21)29(40)32-13-3-5-23(32)26(36)37/h20-23H,1-19H2,(H,34,35)(H,36,37)/t22-,23-/m1/s1. The molecule has 246 valence electrons. The largest absolute Gasteiger partial charge is 0.480 e. The van der Waals surface area contributed by atoms with Crippen LogP contribution in [0, 0.1) is 17.3 Å². The number of likely N-dealkylation sites (tertiary alicyclic amines) is 2. The number of carbonyl (C=O) groups excluding carboxylic acids is 4. The molecule has 0 spiro atoms. The third kappa shape index (κ3) is 8.26. The molecule has 0 aromatic rings. The van der Waals surface area contributed by atoms with Gasteiger partial charge < -0.3 is 39.0 Å². The summed E-state index contributed by atoms with van der Waals surface area (Å²) < 4.78 is 22.1. The first-order valence-corrected chi connectivity index (χ1v) is 15.7. The number of nitrogens with zero attached hydrogens (tertiary/aromatic N) is 2. The van der Waals surface area contributed by atoms with E-state index in [4.69, 9.17) is 18.9 Å². The Balaban J connectivity index is 1.56. The average Bonchev–Trinajstić information content (AvgIpc) is 3.73. The maximum absolute atomic E-state index is 14.3. The molecule has 0 aromatic carbocycles. The van der Waals surface area contributed by atoms with E-state index in [-0.39, 0.29) is 38.1 Å². The number of ether oxygens (including phenoxy) is 4. The van der Waals surface area contributed by atoms with Gasteiger partial charge in [-0.2, -0.15) is 0 Å². The van der Waals surface area contributed by atoms with Crippen LogP contribution in [0.25, 0.3) is 0 Å². The molecule has 14 heteroatoms. The van der Waals surface area contributed by atoms with E-state index in [9.17, 15) is 39.0 Å². The van der Waals surface area contributed by atoms with Gasteiger partial charge in [0.1, 0.15) is 30.7 Å². The summed E-state index contributed by atoms with van der Waals surface area (Å²) in [6.45, 7) is 1.18. The fourth-order valence-electron chi connectivity index (χ4n) is 6.55. The lowest BCUT2D eigenvalue weighted by molar-refractivity contribution is -0.172. The van der Waals surface area contributed by atoms with Crippen LogP contribution in [0.3, 0.4) is 0 Å². The minimum Gasteiger partial charge on any atom is -0.480 e. The summed E-state index contributed by atoms with van der Waals surface area (Å²) in [6.07, 6.45) is 3.46. The Hall–Kier alpha value is -3.26. The van der Waals surface area contributed by atoms with E-state index in [0.29, 0.717) is 77.9 Å². The number of amides is 2. The highest BCUT2D eigenvalue weighted by Gasteiger charge is 2.49. The molecule has 2 atom stereocenters. The molecule has 4 aliphatic heterocycles. The second-order valence-electron chi connectivity index (χ2n) is 12.2. The van der Waals surface area contributed by atoms with Crippen molar-refractivity contribution in [2.24, 2.45) is 17.3 Å². The van der Waals surface area contributed by atoms with Gasteiger partial charge in [0.15, 0.2) is 0 Å². The molecule has 4 saturated heterocycles. The van der Waals surface area contributed by atoms with E-state index in [0.717, 1.165) is 0 Å². The number of aliphatic carboxylic acids is 2. The van der Waals surface area contributed by atoms with Gasteiger partial charge in [-0.3, -0.25) is 19.2 Å². The number of carboxylic acid groups (broad SMARTS) is 2. The van der Waals surface area contributed by atoms with E-state index in [2.05, 4.69) is 0 Å². The van der Waals surface area contributed by atoms with E-state index in [1.807, 2.05) is 0 Å². The molecular weight excluding hydrogens is 580 g/mol. The number of carbonyl (C=O) groups is 6. The van der Waals surface area contributed by atoms with Gasteiger partial charge >= 0.3 is 23.9 Å². The van der Waals surface area contributed by atoms with Crippen LogP contribution in [0.4, 0.5) is 0 Å². The van der Waals surface area contributed by atoms with Crippen molar-refractivity contribution >= 4 is 35.7 Å². The Kier molecular flexibility index (Phi) is 12.0. The van der Waals surface area contributed by atoms with Gasteiger partial charge in [0.2, 0.25) is 11.8 Å². The Bertz CT molecular complexity index is 1030. The summed E-state index contributed by atoms with van der Waals surface area (Å²) in [5.74, 6) is -5.11. The van der Waals surface area contributed by atoms with Crippen LogP contribution in [0.5, 0.6) is 0 Å². The number of carboxylic acids is 2. The second kappa shape index (κ2) is 15.6. The van der Waals surface area contributed by atoms with Crippen LogP contribution in [0.2, 0.25) is 0 Å². The summed E-state index contributed by atoms with van der Waals surface area (Å²) in [7, 11) is 0. The second-order valence-corrected chi connectivity index (χ2v) is 12.2. The van der Waals surface area contributed by atoms with Crippen LogP contribution < -0.4 is 0 Å². The van der Waals surface area contributed by atoms with Crippen LogP contribution in [-0.2, 0) is 47.7 Å². The molecular formula is C30H44N2O12. The van der Waals surface area contributed by atoms with Crippen molar-refractivity contribution in [3.63, 3.8) is 0 Å². The van der Waals surface area contributed by atoms with E-state index in [1.54, 1.807) is 0 Å². The van der Waals surface area contributed by atoms with Gasteiger partial charge in [-0.1, -0.05) is 0 Å². The normalized spacial score (nSPS) is 23.4. The van der Waals surface area contributed by atoms with Crippen molar-refractivity contribution in [3.05, 3.63) is 0 Å². The molecule has 0 saturated carbocycles. The maximum atomic E-state index is 14.3. The fraction of sp³-hybridized carbons (Fsp3) is 0.800. The van der Waals surface area contributed by atoms with Crippen LogP contribution in [-0.4, -0.2) is 121 Å². The molecule has 0 aliphatic carbocycles. The summed E-state index contributed by atoms with van der Waals surface area (Å²) in [5, 5.41) is 19.3. The van der Waals surface area contributed by atoms with E-state index < -0.39 is 72.3 Å². The average molecular weight is 625 g/mol. The zero-order valence-corrected chi connectivity index (χ0v) is 25.1. The zero-order valence-electron chi connectivity index (χ0n) is 25.1. The first-order valence-electron chi connectivity index (χ1n) is 15.7. The smallest absolute Gasteiger partial charge is 0.326 e. The number of rotatable bonds is 13. The number of esters is 2. The molecule has 4 aliphatic rings. The maximum Gasteiger partial charge on any atom is 0.326 e. The lowest BCUT2D eigenvalue weighted by atomic mass is 9.81. The van der Waals surface area contributed by atoms with Crippen molar-refractivity contribution in [2.45, 2.75) is 82.7 Å². The molecule has 0 aromatic heterocycles. The quantitative estimate of drug-likeness (QED) is 0.280. The molecule has 2 amide bonds. The molecule has 2 N–H and O–H groups in total. The molecule has 14 nitrogen and oxygen atoms in total. The lowest BCUT2D eigenvalue weighted by Crippen LogP contribution is -2.53. The van der Waals surface area contributed by atoms with Gasteiger partial charge in [-0.25, -0.2) is 9.59 Å². The Morgan fingerprint density at radius 3 is 1.61 bits per heavy atom. The topological polar surface area (TPSA) is 186 Å². The predicted molar refractivity (Wildman–Crippen MR) is 150 cm³/mol. The summed E-state index contributed by atoms with van der Waals surface area (Å²) in [6, 6.07) is -1.99. The zero-order chi connectivity index (χ0) is 31.7. The van der Waals surface area contributed by atoms with Crippen molar-refractivity contribution in [2.75, 3.05) is 52.7 Å².